The summed E-state index contributed by atoms with van der Waals surface area (Å²) >= 11 is 5.97. The van der Waals surface area contributed by atoms with Gasteiger partial charge in [-0.25, -0.2) is 0 Å². The molecule has 0 aromatic heterocycles. The lowest BCUT2D eigenvalue weighted by Crippen LogP contribution is -2.37. The van der Waals surface area contributed by atoms with Crippen LogP contribution in [0.4, 0.5) is 0 Å². The van der Waals surface area contributed by atoms with Crippen LogP contribution in [0.2, 0.25) is 5.02 Å². The summed E-state index contributed by atoms with van der Waals surface area (Å²) in [7, 11) is 1.76. The minimum absolute atomic E-state index is 0.0950. The normalized spacial score (nSPS) is 13.2. The highest BCUT2D eigenvalue weighted by Gasteiger charge is 2.19. The van der Waals surface area contributed by atoms with Gasteiger partial charge in [-0.05, 0) is 57.9 Å². The van der Waals surface area contributed by atoms with Crippen LogP contribution in [-0.2, 0) is 4.74 Å². The summed E-state index contributed by atoms with van der Waals surface area (Å²) in [6.45, 7) is 8.03. The van der Waals surface area contributed by atoms with Crippen LogP contribution in [0.3, 0.4) is 0 Å². The summed E-state index contributed by atoms with van der Waals surface area (Å²) in [5.41, 5.74) is -0.0950. The van der Waals surface area contributed by atoms with Crippen molar-refractivity contribution in [2.24, 2.45) is 0 Å². The second-order valence-electron chi connectivity index (χ2n) is 5.92. The monoisotopic (exact) mass is 313 g/mol. The van der Waals surface area contributed by atoms with E-state index in [4.69, 9.17) is 21.1 Å². The van der Waals surface area contributed by atoms with E-state index in [1.54, 1.807) is 7.11 Å². The molecule has 0 bridgehead atoms. The molecule has 0 aliphatic carbocycles. The number of nitrogens with one attached hydrogen (secondary N) is 1. The summed E-state index contributed by atoms with van der Waals surface area (Å²) < 4.78 is 11.3. The van der Waals surface area contributed by atoms with Crippen molar-refractivity contribution in [2.45, 2.75) is 51.7 Å². The molecule has 0 radical (unpaired) electrons. The van der Waals surface area contributed by atoms with Gasteiger partial charge in [0.15, 0.2) is 0 Å². The standard InChI is InChI=1S/C17H28ClNO2/c1-5-11-19-15(9-10-17(2,3)20-4)13-21-16-8-6-7-14(18)12-16/h6-8,12,15,19H,5,9-11,13H2,1-4H3. The number of hydrogen-bond acceptors (Lipinski definition) is 3. The van der Waals surface area contributed by atoms with Crippen molar-refractivity contribution in [3.63, 3.8) is 0 Å². The molecule has 0 aliphatic heterocycles. The molecule has 0 saturated carbocycles. The van der Waals surface area contributed by atoms with E-state index >= 15 is 0 Å². The zero-order chi connectivity index (χ0) is 15.7. The van der Waals surface area contributed by atoms with E-state index in [1.807, 2.05) is 24.3 Å². The highest BCUT2D eigenvalue weighted by atomic mass is 35.5. The minimum atomic E-state index is -0.0950. The number of benzene rings is 1. The highest BCUT2D eigenvalue weighted by Crippen LogP contribution is 2.19. The van der Waals surface area contributed by atoms with Gasteiger partial charge in [-0.15, -0.1) is 0 Å². The lowest BCUT2D eigenvalue weighted by molar-refractivity contribution is 0.0106. The van der Waals surface area contributed by atoms with Crippen molar-refractivity contribution < 1.29 is 9.47 Å². The van der Waals surface area contributed by atoms with Crippen molar-refractivity contribution in [3.8, 4) is 5.75 Å². The first kappa shape index (κ1) is 18.3. The molecular weight excluding hydrogens is 286 g/mol. The van der Waals surface area contributed by atoms with Crippen LogP contribution in [0.25, 0.3) is 0 Å². The molecule has 1 atom stereocenters. The third-order valence-electron chi connectivity index (χ3n) is 3.58. The summed E-state index contributed by atoms with van der Waals surface area (Å²) in [6.07, 6.45) is 3.12. The Morgan fingerprint density at radius 3 is 2.71 bits per heavy atom. The first-order valence-corrected chi connectivity index (χ1v) is 8.01. The van der Waals surface area contributed by atoms with Gasteiger partial charge in [-0.1, -0.05) is 24.6 Å². The lowest BCUT2D eigenvalue weighted by Gasteiger charge is -2.26. The van der Waals surface area contributed by atoms with Crippen LogP contribution in [0.5, 0.6) is 5.75 Å². The number of halogens is 1. The van der Waals surface area contributed by atoms with Gasteiger partial charge in [-0.3, -0.25) is 0 Å². The molecule has 0 amide bonds. The second-order valence-corrected chi connectivity index (χ2v) is 6.36. The van der Waals surface area contributed by atoms with Crippen LogP contribution >= 0.6 is 11.6 Å². The fourth-order valence-electron chi connectivity index (χ4n) is 1.97. The predicted octanol–water partition coefficient (Wildman–Crippen LogP) is 4.29. The Balaban J connectivity index is 2.49. The quantitative estimate of drug-likeness (QED) is 0.699. The Labute approximate surface area is 134 Å². The van der Waals surface area contributed by atoms with E-state index in [0.717, 1.165) is 31.6 Å². The molecule has 1 N–H and O–H groups in total. The van der Waals surface area contributed by atoms with Crippen LogP contribution in [0.15, 0.2) is 24.3 Å². The number of hydrogen-bond donors (Lipinski definition) is 1. The minimum Gasteiger partial charge on any atom is -0.492 e. The Morgan fingerprint density at radius 2 is 2.10 bits per heavy atom. The fourth-order valence-corrected chi connectivity index (χ4v) is 2.15. The van der Waals surface area contributed by atoms with E-state index in [-0.39, 0.29) is 5.60 Å². The zero-order valence-electron chi connectivity index (χ0n) is 13.6. The SMILES string of the molecule is CCCNC(CCC(C)(C)OC)COc1cccc(Cl)c1. The Kier molecular flexibility index (Phi) is 8.09. The van der Waals surface area contributed by atoms with Gasteiger partial charge >= 0.3 is 0 Å². The molecule has 1 aromatic carbocycles. The third kappa shape index (κ3) is 7.70. The number of rotatable bonds is 10. The molecule has 120 valence electrons. The first-order valence-electron chi connectivity index (χ1n) is 7.63. The van der Waals surface area contributed by atoms with Crippen LogP contribution in [-0.4, -0.2) is 31.9 Å². The molecule has 0 aliphatic rings. The van der Waals surface area contributed by atoms with Gasteiger partial charge in [0.1, 0.15) is 12.4 Å². The average Bonchev–Trinajstić information content (AvgIpc) is 2.46. The molecule has 1 unspecified atom stereocenters. The van der Waals surface area contributed by atoms with Crippen molar-refractivity contribution >= 4 is 11.6 Å². The van der Waals surface area contributed by atoms with Crippen LogP contribution < -0.4 is 10.1 Å². The molecule has 0 fully saturated rings. The Hall–Kier alpha value is -0.770. The first-order chi connectivity index (χ1) is 9.96. The topological polar surface area (TPSA) is 30.5 Å². The largest absolute Gasteiger partial charge is 0.492 e. The van der Waals surface area contributed by atoms with Crippen molar-refractivity contribution in [3.05, 3.63) is 29.3 Å². The van der Waals surface area contributed by atoms with Gasteiger partial charge in [0, 0.05) is 18.2 Å². The van der Waals surface area contributed by atoms with Crippen molar-refractivity contribution in [1.29, 1.82) is 0 Å². The van der Waals surface area contributed by atoms with Gasteiger partial charge in [0.2, 0.25) is 0 Å². The summed E-state index contributed by atoms with van der Waals surface area (Å²) in [6, 6.07) is 7.85. The lowest BCUT2D eigenvalue weighted by atomic mass is 9.99. The van der Waals surface area contributed by atoms with E-state index in [2.05, 4.69) is 26.1 Å². The fraction of sp³-hybridized carbons (Fsp3) is 0.647. The van der Waals surface area contributed by atoms with Crippen LogP contribution in [0, 0.1) is 0 Å². The van der Waals surface area contributed by atoms with E-state index in [0.29, 0.717) is 17.7 Å². The van der Waals surface area contributed by atoms with Crippen molar-refractivity contribution in [1.82, 2.24) is 5.32 Å². The molecule has 0 heterocycles. The molecule has 21 heavy (non-hydrogen) atoms. The highest BCUT2D eigenvalue weighted by molar-refractivity contribution is 6.30. The van der Waals surface area contributed by atoms with E-state index in [1.165, 1.54) is 0 Å². The maximum atomic E-state index is 5.97. The van der Waals surface area contributed by atoms with Crippen LogP contribution in [0.1, 0.15) is 40.0 Å². The van der Waals surface area contributed by atoms with E-state index in [9.17, 15) is 0 Å². The van der Waals surface area contributed by atoms with Gasteiger partial charge in [0.05, 0.1) is 5.60 Å². The number of methoxy groups -OCH3 is 1. The Morgan fingerprint density at radius 1 is 1.33 bits per heavy atom. The molecule has 0 spiro atoms. The Bertz CT molecular complexity index is 410. The maximum absolute atomic E-state index is 5.97. The summed E-state index contributed by atoms with van der Waals surface area (Å²) in [5.74, 6) is 0.816. The third-order valence-corrected chi connectivity index (χ3v) is 3.81. The van der Waals surface area contributed by atoms with Crippen molar-refractivity contribution in [2.75, 3.05) is 20.3 Å². The molecule has 4 heteroatoms. The summed E-state index contributed by atoms with van der Waals surface area (Å²) in [5, 5.41) is 4.24. The van der Waals surface area contributed by atoms with Gasteiger partial charge in [0.25, 0.3) is 0 Å². The van der Waals surface area contributed by atoms with Gasteiger partial charge in [-0.2, -0.15) is 0 Å². The zero-order valence-corrected chi connectivity index (χ0v) is 14.4. The summed E-state index contributed by atoms with van der Waals surface area (Å²) in [4.78, 5) is 0. The van der Waals surface area contributed by atoms with Gasteiger partial charge < -0.3 is 14.8 Å². The smallest absolute Gasteiger partial charge is 0.120 e. The maximum Gasteiger partial charge on any atom is 0.120 e. The second kappa shape index (κ2) is 9.29. The predicted molar refractivity (Wildman–Crippen MR) is 89.4 cm³/mol. The molecule has 3 nitrogen and oxygen atoms in total. The molecule has 1 aromatic rings. The van der Waals surface area contributed by atoms with E-state index < -0.39 is 0 Å². The average molecular weight is 314 g/mol. The number of ether oxygens (including phenoxy) is 2. The molecular formula is C17H28ClNO2. The molecule has 0 saturated heterocycles. The molecule has 1 rings (SSSR count).